The van der Waals surface area contributed by atoms with Gasteiger partial charge in [0.05, 0.1) is 12.8 Å². The van der Waals surface area contributed by atoms with Gasteiger partial charge in [-0.3, -0.25) is 4.90 Å². The molecule has 206 valence electrons. The summed E-state index contributed by atoms with van der Waals surface area (Å²) in [6.07, 6.45) is 2.49. The normalized spacial score (nSPS) is 22.0. The number of hydrogen-bond acceptors (Lipinski definition) is 3. The fraction of sp³-hybridized carbons (Fsp3) is 0.351. The summed E-state index contributed by atoms with van der Waals surface area (Å²) in [6.45, 7) is 7.77. The molecule has 2 unspecified atom stereocenters. The van der Waals surface area contributed by atoms with Crippen LogP contribution in [0.5, 0.6) is 5.75 Å². The number of nitrogens with zero attached hydrogens (tertiary/aromatic N) is 2. The molecule has 2 atom stereocenters. The third-order valence-electron chi connectivity index (χ3n) is 9.22. The Morgan fingerprint density at radius 3 is 1.88 bits per heavy atom. The second-order valence-electron chi connectivity index (χ2n) is 11.9. The fourth-order valence-corrected chi connectivity index (χ4v) is 7.23. The molecule has 7 rings (SSSR count). The summed E-state index contributed by atoms with van der Waals surface area (Å²) in [6, 6.07) is 40.9. The predicted octanol–water partition coefficient (Wildman–Crippen LogP) is 8.12. The van der Waals surface area contributed by atoms with E-state index >= 15 is 0 Å². The summed E-state index contributed by atoms with van der Waals surface area (Å²) >= 11 is 0. The molecule has 3 nitrogen and oxygen atoms in total. The predicted molar refractivity (Wildman–Crippen MR) is 166 cm³/mol. The standard InChI is InChI=1S/C37H42N2O/c1-27(2)32-19-20-34(40-3)33(25-32)39(26-28-13-7-4-8-14-28)36-31-21-23-38(24-22-31)37(36)35(29-15-9-5-10-16-29)30-17-11-6-12-18-30/h4-20,25,27,31,35-37H,21-24,26H2,1-3H3. The second kappa shape index (κ2) is 11.9. The van der Waals surface area contributed by atoms with Crippen LogP contribution < -0.4 is 9.64 Å². The lowest BCUT2D eigenvalue weighted by Crippen LogP contribution is -2.65. The van der Waals surface area contributed by atoms with E-state index in [1.807, 2.05) is 7.11 Å². The minimum Gasteiger partial charge on any atom is -0.495 e. The molecule has 0 amide bonds. The van der Waals surface area contributed by atoms with Gasteiger partial charge < -0.3 is 9.64 Å². The maximum Gasteiger partial charge on any atom is 0.142 e. The number of piperidine rings is 3. The molecule has 0 spiro atoms. The maximum absolute atomic E-state index is 6.08. The molecule has 3 aliphatic rings. The van der Waals surface area contributed by atoms with Gasteiger partial charge in [-0.25, -0.2) is 0 Å². The largest absolute Gasteiger partial charge is 0.495 e. The van der Waals surface area contributed by atoms with Gasteiger partial charge >= 0.3 is 0 Å². The monoisotopic (exact) mass is 530 g/mol. The van der Waals surface area contributed by atoms with Gasteiger partial charge in [0.1, 0.15) is 5.75 Å². The molecule has 4 aromatic rings. The Kier molecular flexibility index (Phi) is 7.93. The van der Waals surface area contributed by atoms with E-state index in [4.69, 9.17) is 4.74 Å². The number of benzene rings is 4. The number of fused-ring (bicyclic) bond motifs is 3. The Morgan fingerprint density at radius 1 is 0.750 bits per heavy atom. The van der Waals surface area contributed by atoms with E-state index in [0.717, 1.165) is 12.3 Å². The maximum atomic E-state index is 6.08. The first-order valence-electron chi connectivity index (χ1n) is 15.0. The number of ether oxygens (including phenoxy) is 1. The molecule has 3 heteroatoms. The molecule has 3 fully saturated rings. The van der Waals surface area contributed by atoms with Crippen molar-refractivity contribution in [3.8, 4) is 5.75 Å². The minimum absolute atomic E-state index is 0.285. The Balaban J connectivity index is 1.54. The molecular formula is C37H42N2O. The Bertz CT molecular complexity index is 1320. The van der Waals surface area contributed by atoms with Crippen LogP contribution in [0, 0.1) is 5.92 Å². The molecular weight excluding hydrogens is 488 g/mol. The topological polar surface area (TPSA) is 15.7 Å². The van der Waals surface area contributed by atoms with Crippen LogP contribution in [0.15, 0.2) is 109 Å². The highest BCUT2D eigenvalue weighted by atomic mass is 16.5. The third kappa shape index (κ3) is 5.28. The van der Waals surface area contributed by atoms with E-state index in [-0.39, 0.29) is 5.92 Å². The van der Waals surface area contributed by atoms with Crippen LogP contribution in [0.4, 0.5) is 5.69 Å². The van der Waals surface area contributed by atoms with E-state index < -0.39 is 0 Å². The molecule has 0 N–H and O–H groups in total. The average Bonchev–Trinajstić information content (AvgIpc) is 3.02. The van der Waals surface area contributed by atoms with Gasteiger partial charge in [-0.1, -0.05) is 111 Å². The Morgan fingerprint density at radius 2 is 1.32 bits per heavy atom. The van der Waals surface area contributed by atoms with Crippen LogP contribution in [0.2, 0.25) is 0 Å². The van der Waals surface area contributed by atoms with Crippen molar-refractivity contribution in [3.63, 3.8) is 0 Å². The Hall–Kier alpha value is -3.56. The van der Waals surface area contributed by atoms with Crippen LogP contribution in [0.1, 0.15) is 60.8 Å². The van der Waals surface area contributed by atoms with Gasteiger partial charge in [0.15, 0.2) is 0 Å². The highest BCUT2D eigenvalue weighted by Gasteiger charge is 2.49. The van der Waals surface area contributed by atoms with Crippen LogP contribution >= 0.6 is 0 Å². The Labute approximate surface area is 240 Å². The molecule has 0 aliphatic carbocycles. The quantitative estimate of drug-likeness (QED) is 0.217. The molecule has 3 heterocycles. The van der Waals surface area contributed by atoms with Gasteiger partial charge in [-0.15, -0.1) is 0 Å². The molecule has 3 aliphatic heterocycles. The van der Waals surface area contributed by atoms with Crippen LogP contribution in [-0.2, 0) is 6.54 Å². The minimum atomic E-state index is 0.285. The number of anilines is 1. The van der Waals surface area contributed by atoms with Gasteiger partial charge in [-0.05, 0) is 72.2 Å². The van der Waals surface area contributed by atoms with E-state index in [1.54, 1.807) is 0 Å². The van der Waals surface area contributed by atoms with Crippen molar-refractivity contribution in [2.75, 3.05) is 25.1 Å². The van der Waals surface area contributed by atoms with Crippen molar-refractivity contribution >= 4 is 5.69 Å². The van der Waals surface area contributed by atoms with E-state index in [2.05, 4.69) is 133 Å². The summed E-state index contributed by atoms with van der Waals surface area (Å²) in [5.41, 5.74) is 6.72. The van der Waals surface area contributed by atoms with Crippen molar-refractivity contribution in [3.05, 3.63) is 131 Å². The lowest BCUT2D eigenvalue weighted by atomic mass is 9.69. The van der Waals surface area contributed by atoms with Crippen LogP contribution in [-0.4, -0.2) is 37.2 Å². The van der Waals surface area contributed by atoms with Crippen molar-refractivity contribution in [2.45, 2.75) is 57.2 Å². The molecule has 0 radical (unpaired) electrons. The zero-order valence-electron chi connectivity index (χ0n) is 24.1. The summed E-state index contributed by atoms with van der Waals surface area (Å²) in [5.74, 6) is 2.33. The van der Waals surface area contributed by atoms with Crippen LogP contribution in [0.25, 0.3) is 0 Å². The first-order valence-corrected chi connectivity index (χ1v) is 15.0. The lowest BCUT2D eigenvalue weighted by molar-refractivity contribution is 0.0161. The van der Waals surface area contributed by atoms with E-state index in [0.29, 0.717) is 23.9 Å². The molecule has 4 aromatic carbocycles. The fourth-order valence-electron chi connectivity index (χ4n) is 7.23. The average molecular weight is 531 g/mol. The van der Waals surface area contributed by atoms with E-state index in [9.17, 15) is 0 Å². The summed E-state index contributed by atoms with van der Waals surface area (Å²) in [4.78, 5) is 5.52. The molecule has 0 saturated carbocycles. The first kappa shape index (κ1) is 26.7. The highest BCUT2D eigenvalue weighted by molar-refractivity contribution is 5.62. The summed E-state index contributed by atoms with van der Waals surface area (Å²) < 4.78 is 6.08. The summed E-state index contributed by atoms with van der Waals surface area (Å²) in [7, 11) is 1.82. The zero-order valence-corrected chi connectivity index (χ0v) is 24.1. The number of rotatable bonds is 9. The highest BCUT2D eigenvalue weighted by Crippen LogP contribution is 2.47. The zero-order chi connectivity index (χ0) is 27.5. The third-order valence-corrected chi connectivity index (χ3v) is 9.22. The smallest absolute Gasteiger partial charge is 0.142 e. The summed E-state index contributed by atoms with van der Waals surface area (Å²) in [5, 5.41) is 0. The first-order chi connectivity index (χ1) is 19.6. The second-order valence-corrected chi connectivity index (χ2v) is 11.9. The van der Waals surface area contributed by atoms with Gasteiger partial charge in [0.2, 0.25) is 0 Å². The van der Waals surface area contributed by atoms with Crippen molar-refractivity contribution in [2.24, 2.45) is 5.92 Å². The number of hydrogen-bond donors (Lipinski definition) is 0. The molecule has 3 saturated heterocycles. The van der Waals surface area contributed by atoms with Gasteiger partial charge in [0, 0.05) is 24.5 Å². The van der Waals surface area contributed by atoms with Crippen molar-refractivity contribution in [1.29, 1.82) is 0 Å². The molecule has 2 bridgehead atoms. The lowest BCUT2D eigenvalue weighted by Gasteiger charge is -2.57. The van der Waals surface area contributed by atoms with Crippen molar-refractivity contribution < 1.29 is 4.74 Å². The molecule has 0 aromatic heterocycles. The SMILES string of the molecule is COc1ccc(C(C)C)cc1N(Cc1ccccc1)C1C2CCN(CC2)C1C(c1ccccc1)c1ccccc1. The number of methoxy groups -OCH3 is 1. The van der Waals surface area contributed by atoms with E-state index in [1.165, 1.54) is 53.9 Å². The van der Waals surface area contributed by atoms with Gasteiger partial charge in [-0.2, -0.15) is 0 Å². The van der Waals surface area contributed by atoms with Crippen LogP contribution in [0.3, 0.4) is 0 Å². The van der Waals surface area contributed by atoms with Gasteiger partial charge in [0.25, 0.3) is 0 Å². The molecule has 40 heavy (non-hydrogen) atoms. The van der Waals surface area contributed by atoms with Crippen molar-refractivity contribution in [1.82, 2.24) is 4.90 Å².